The lowest BCUT2D eigenvalue weighted by molar-refractivity contribution is -0.123. The van der Waals surface area contributed by atoms with E-state index in [0.29, 0.717) is 17.6 Å². The van der Waals surface area contributed by atoms with Crippen LogP contribution in [0.5, 0.6) is 5.75 Å². The zero-order chi connectivity index (χ0) is 11.5. The molecule has 1 aromatic rings. The van der Waals surface area contributed by atoms with Crippen molar-refractivity contribution in [2.24, 2.45) is 0 Å². The van der Waals surface area contributed by atoms with Crippen LogP contribution < -0.4 is 15.8 Å². The maximum atomic E-state index is 11.3. The zero-order valence-corrected chi connectivity index (χ0v) is 9.19. The van der Waals surface area contributed by atoms with Gasteiger partial charge in [-0.3, -0.25) is 4.79 Å². The van der Waals surface area contributed by atoms with E-state index in [2.05, 4.69) is 10.3 Å². The van der Waals surface area contributed by atoms with Crippen LogP contribution >= 0.6 is 0 Å². The fourth-order valence-electron chi connectivity index (χ4n) is 1.33. The van der Waals surface area contributed by atoms with E-state index in [4.69, 9.17) is 10.5 Å². The molecule has 5 heteroatoms. The summed E-state index contributed by atoms with van der Waals surface area (Å²) >= 11 is 0. The van der Waals surface area contributed by atoms with Crippen LogP contribution in [0.4, 0.5) is 5.82 Å². The number of nitrogens with one attached hydrogen (secondary N) is 1. The maximum absolute atomic E-state index is 11.3. The van der Waals surface area contributed by atoms with Crippen LogP contribution in [0.25, 0.3) is 0 Å². The summed E-state index contributed by atoms with van der Waals surface area (Å²) in [6, 6.07) is 3.87. The second-order valence-electron chi connectivity index (χ2n) is 3.97. The Morgan fingerprint density at radius 3 is 3.00 bits per heavy atom. The molecule has 1 aromatic heterocycles. The average Bonchev–Trinajstić information content (AvgIpc) is 3.00. The van der Waals surface area contributed by atoms with Crippen molar-refractivity contribution < 1.29 is 9.53 Å². The van der Waals surface area contributed by atoms with Gasteiger partial charge in [0.1, 0.15) is 0 Å². The summed E-state index contributed by atoms with van der Waals surface area (Å²) in [7, 11) is 0. The number of aryl methyl sites for hydroxylation is 1. The number of aromatic nitrogens is 1. The maximum Gasteiger partial charge on any atom is 0.258 e. The topological polar surface area (TPSA) is 77.2 Å². The van der Waals surface area contributed by atoms with Crippen molar-refractivity contribution in [1.82, 2.24) is 10.3 Å². The van der Waals surface area contributed by atoms with Crippen LogP contribution in [-0.4, -0.2) is 23.5 Å². The molecule has 5 nitrogen and oxygen atoms in total. The van der Waals surface area contributed by atoms with E-state index in [0.717, 1.165) is 18.5 Å². The van der Waals surface area contributed by atoms with E-state index < -0.39 is 0 Å². The van der Waals surface area contributed by atoms with Gasteiger partial charge < -0.3 is 15.8 Å². The number of amides is 1. The van der Waals surface area contributed by atoms with Gasteiger partial charge in [0.05, 0.1) is 0 Å². The van der Waals surface area contributed by atoms with Gasteiger partial charge in [-0.05, 0) is 31.9 Å². The van der Waals surface area contributed by atoms with Crippen LogP contribution in [0.2, 0.25) is 0 Å². The molecule has 1 aliphatic carbocycles. The van der Waals surface area contributed by atoms with E-state index >= 15 is 0 Å². The van der Waals surface area contributed by atoms with Crippen LogP contribution in [0.1, 0.15) is 18.5 Å². The first-order valence-corrected chi connectivity index (χ1v) is 5.30. The van der Waals surface area contributed by atoms with Crippen molar-refractivity contribution in [1.29, 1.82) is 0 Å². The fourth-order valence-corrected chi connectivity index (χ4v) is 1.33. The van der Waals surface area contributed by atoms with Gasteiger partial charge in [0.25, 0.3) is 5.91 Å². The van der Waals surface area contributed by atoms with Crippen molar-refractivity contribution in [2.75, 3.05) is 12.3 Å². The zero-order valence-electron chi connectivity index (χ0n) is 9.19. The predicted octanol–water partition coefficient (Wildman–Crippen LogP) is 0.630. The number of nitrogens with two attached hydrogens (primary N) is 1. The molecule has 1 fully saturated rings. The van der Waals surface area contributed by atoms with E-state index in [1.165, 1.54) is 0 Å². The first-order valence-electron chi connectivity index (χ1n) is 5.30. The second kappa shape index (κ2) is 4.38. The molecule has 1 amide bonds. The summed E-state index contributed by atoms with van der Waals surface area (Å²) in [4.78, 5) is 15.4. The molecular formula is C11H15N3O2. The number of rotatable bonds is 4. The lowest BCUT2D eigenvalue weighted by Gasteiger charge is -2.08. The molecule has 0 bridgehead atoms. The van der Waals surface area contributed by atoms with Gasteiger partial charge in [-0.25, -0.2) is 4.98 Å². The number of nitrogen functional groups attached to an aromatic ring is 1. The molecule has 1 saturated carbocycles. The number of nitrogens with zero attached hydrogens (tertiary/aromatic N) is 1. The monoisotopic (exact) mass is 221 g/mol. The third-order valence-electron chi connectivity index (χ3n) is 2.33. The second-order valence-corrected chi connectivity index (χ2v) is 3.97. The van der Waals surface area contributed by atoms with Gasteiger partial charge in [-0.15, -0.1) is 0 Å². The van der Waals surface area contributed by atoms with Crippen molar-refractivity contribution in [3.63, 3.8) is 0 Å². The highest BCUT2D eigenvalue weighted by molar-refractivity contribution is 5.78. The lowest BCUT2D eigenvalue weighted by Crippen LogP contribution is -2.30. The van der Waals surface area contributed by atoms with Crippen molar-refractivity contribution in [3.8, 4) is 5.75 Å². The van der Waals surface area contributed by atoms with Gasteiger partial charge in [0.15, 0.2) is 18.2 Å². The normalized spacial score (nSPS) is 14.6. The number of pyridine rings is 1. The molecule has 0 radical (unpaired) electrons. The number of hydrogen-bond acceptors (Lipinski definition) is 4. The molecule has 2 rings (SSSR count). The van der Waals surface area contributed by atoms with Gasteiger partial charge >= 0.3 is 0 Å². The minimum Gasteiger partial charge on any atom is -0.480 e. The van der Waals surface area contributed by atoms with Gasteiger partial charge in [0, 0.05) is 11.7 Å². The minimum absolute atomic E-state index is 0.00849. The summed E-state index contributed by atoms with van der Waals surface area (Å²) in [5.41, 5.74) is 6.48. The Bertz CT molecular complexity index is 402. The lowest BCUT2D eigenvalue weighted by atomic mass is 10.3. The standard InChI is InChI=1S/C11H15N3O2/c1-7-2-5-9(11(12)13-7)16-6-10(15)14-8-3-4-8/h2,5,8H,3-4,6H2,1H3,(H2,12,13)(H,14,15). The Balaban J connectivity index is 1.85. The van der Waals surface area contributed by atoms with Gasteiger partial charge in [-0.2, -0.15) is 0 Å². The Hall–Kier alpha value is -1.78. The first-order chi connectivity index (χ1) is 7.65. The molecule has 0 aromatic carbocycles. The van der Waals surface area contributed by atoms with Gasteiger partial charge in [0.2, 0.25) is 0 Å². The Kier molecular flexibility index (Phi) is 2.94. The fraction of sp³-hybridized carbons (Fsp3) is 0.455. The number of ether oxygens (including phenoxy) is 1. The van der Waals surface area contributed by atoms with Crippen molar-refractivity contribution in [3.05, 3.63) is 17.8 Å². The average molecular weight is 221 g/mol. The first kappa shape index (κ1) is 10.7. The van der Waals surface area contributed by atoms with E-state index in [1.54, 1.807) is 12.1 Å². The highest BCUT2D eigenvalue weighted by Gasteiger charge is 2.23. The summed E-state index contributed by atoms with van der Waals surface area (Å²) in [5.74, 6) is 0.665. The predicted molar refractivity (Wildman–Crippen MR) is 60.0 cm³/mol. The molecule has 3 N–H and O–H groups in total. The van der Waals surface area contributed by atoms with Crippen LogP contribution in [-0.2, 0) is 4.79 Å². The molecule has 1 aliphatic rings. The number of carbonyl (C=O) groups is 1. The molecule has 0 aliphatic heterocycles. The highest BCUT2D eigenvalue weighted by atomic mass is 16.5. The SMILES string of the molecule is Cc1ccc(OCC(=O)NC2CC2)c(N)n1. The summed E-state index contributed by atoms with van der Waals surface area (Å²) in [6.45, 7) is 1.84. The van der Waals surface area contributed by atoms with Gasteiger partial charge in [-0.1, -0.05) is 0 Å². The third-order valence-corrected chi connectivity index (χ3v) is 2.33. The third kappa shape index (κ3) is 2.85. The van der Waals surface area contributed by atoms with E-state index in [1.807, 2.05) is 6.92 Å². The molecule has 0 spiro atoms. The smallest absolute Gasteiger partial charge is 0.258 e. The van der Waals surface area contributed by atoms with Crippen LogP contribution in [0, 0.1) is 6.92 Å². The molecule has 86 valence electrons. The van der Waals surface area contributed by atoms with E-state index in [9.17, 15) is 4.79 Å². The minimum atomic E-state index is -0.109. The number of carbonyl (C=O) groups excluding carboxylic acids is 1. The molecule has 0 saturated heterocycles. The van der Waals surface area contributed by atoms with Crippen LogP contribution in [0.3, 0.4) is 0 Å². The molecule has 0 unspecified atom stereocenters. The molecule has 1 heterocycles. The molecular weight excluding hydrogens is 206 g/mol. The summed E-state index contributed by atoms with van der Waals surface area (Å²) < 4.78 is 5.28. The van der Waals surface area contributed by atoms with E-state index in [-0.39, 0.29) is 12.5 Å². The summed E-state index contributed by atoms with van der Waals surface area (Å²) in [6.07, 6.45) is 2.14. The Morgan fingerprint density at radius 2 is 2.38 bits per heavy atom. The largest absolute Gasteiger partial charge is 0.480 e. The highest BCUT2D eigenvalue weighted by Crippen LogP contribution is 2.20. The number of anilines is 1. The molecule has 16 heavy (non-hydrogen) atoms. The summed E-state index contributed by atoms with van der Waals surface area (Å²) in [5, 5.41) is 2.83. The van der Waals surface area contributed by atoms with Crippen LogP contribution in [0.15, 0.2) is 12.1 Å². The quantitative estimate of drug-likeness (QED) is 0.781. The molecule has 0 atom stereocenters. The Morgan fingerprint density at radius 1 is 1.62 bits per heavy atom. The van der Waals surface area contributed by atoms with Crippen molar-refractivity contribution in [2.45, 2.75) is 25.8 Å². The van der Waals surface area contributed by atoms with Crippen molar-refractivity contribution >= 4 is 11.7 Å². The Labute approximate surface area is 94.0 Å². The number of hydrogen-bond donors (Lipinski definition) is 2.